The molecule has 0 radical (unpaired) electrons. The molecule has 4 heteroatoms. The van der Waals surface area contributed by atoms with E-state index in [-0.39, 0.29) is 5.91 Å². The Morgan fingerprint density at radius 1 is 1.50 bits per heavy atom. The van der Waals surface area contributed by atoms with Gasteiger partial charge < -0.3 is 15.4 Å². The maximum atomic E-state index is 11.5. The molecule has 1 aliphatic rings. The highest BCUT2D eigenvalue weighted by Gasteiger charge is 2.20. The Morgan fingerprint density at radius 3 is 3.07 bits per heavy atom. The summed E-state index contributed by atoms with van der Waals surface area (Å²) in [6.07, 6.45) is 0.393. The Hall–Kier alpha value is -1.71. The van der Waals surface area contributed by atoms with Gasteiger partial charge in [-0.1, -0.05) is 6.07 Å². The van der Waals surface area contributed by atoms with Crippen molar-refractivity contribution in [3.8, 4) is 5.75 Å². The van der Waals surface area contributed by atoms with Crippen LogP contribution in [0.25, 0.3) is 0 Å². The van der Waals surface area contributed by atoms with E-state index in [0.717, 1.165) is 5.69 Å². The molecule has 0 bridgehead atoms. The summed E-state index contributed by atoms with van der Waals surface area (Å²) >= 11 is 0. The van der Waals surface area contributed by atoms with Crippen molar-refractivity contribution in [3.05, 3.63) is 18.2 Å². The van der Waals surface area contributed by atoms with Gasteiger partial charge in [-0.15, -0.1) is 0 Å². The van der Waals surface area contributed by atoms with Crippen LogP contribution in [0.5, 0.6) is 5.75 Å². The van der Waals surface area contributed by atoms with Crippen LogP contribution in [0.3, 0.4) is 0 Å². The van der Waals surface area contributed by atoms with Crippen LogP contribution in [0.1, 0.15) is 6.42 Å². The van der Waals surface area contributed by atoms with E-state index in [9.17, 15) is 4.79 Å². The fraction of sp³-hybridized carbons (Fsp3) is 0.300. The summed E-state index contributed by atoms with van der Waals surface area (Å²) in [7, 11) is 1.73. The van der Waals surface area contributed by atoms with Crippen molar-refractivity contribution in [2.24, 2.45) is 0 Å². The molecule has 4 nitrogen and oxygen atoms in total. The Labute approximate surface area is 82.3 Å². The second-order valence-electron chi connectivity index (χ2n) is 3.25. The van der Waals surface area contributed by atoms with Gasteiger partial charge >= 0.3 is 0 Å². The molecule has 0 unspecified atom stereocenters. The molecule has 1 amide bonds. The quantitative estimate of drug-likeness (QED) is 0.624. The van der Waals surface area contributed by atoms with E-state index in [2.05, 4.69) is 0 Å². The third-order valence-corrected chi connectivity index (χ3v) is 2.32. The lowest BCUT2D eigenvalue weighted by atomic mass is 10.2. The zero-order valence-corrected chi connectivity index (χ0v) is 7.99. The number of para-hydroxylation sites is 1. The highest BCUT2D eigenvalue weighted by Crippen LogP contribution is 2.35. The molecule has 0 spiro atoms. The van der Waals surface area contributed by atoms with Gasteiger partial charge in [0.2, 0.25) is 5.91 Å². The van der Waals surface area contributed by atoms with Crippen LogP contribution < -0.4 is 15.4 Å². The van der Waals surface area contributed by atoms with E-state index < -0.39 is 0 Å². The lowest BCUT2D eigenvalue weighted by Crippen LogP contribution is -2.25. The van der Waals surface area contributed by atoms with Crippen LogP contribution in [0.15, 0.2) is 18.2 Å². The lowest BCUT2D eigenvalue weighted by Gasteiger charge is -2.16. The van der Waals surface area contributed by atoms with E-state index in [1.807, 2.05) is 12.1 Å². The van der Waals surface area contributed by atoms with E-state index in [1.54, 1.807) is 18.0 Å². The zero-order chi connectivity index (χ0) is 10.1. The minimum absolute atomic E-state index is 0.0503. The molecule has 1 heterocycles. The van der Waals surface area contributed by atoms with Gasteiger partial charge in [0.15, 0.2) is 5.75 Å². The Morgan fingerprint density at radius 2 is 2.29 bits per heavy atom. The highest BCUT2D eigenvalue weighted by atomic mass is 16.5. The van der Waals surface area contributed by atoms with Gasteiger partial charge in [-0.2, -0.15) is 0 Å². The maximum Gasteiger partial charge on any atom is 0.230 e. The van der Waals surface area contributed by atoms with E-state index in [1.165, 1.54) is 0 Å². The summed E-state index contributed by atoms with van der Waals surface area (Å²) < 4.78 is 5.43. The summed E-state index contributed by atoms with van der Waals surface area (Å²) in [6.45, 7) is 0.393. The second kappa shape index (κ2) is 3.21. The van der Waals surface area contributed by atoms with Gasteiger partial charge in [-0.3, -0.25) is 4.79 Å². The summed E-state index contributed by atoms with van der Waals surface area (Å²) in [4.78, 5) is 13.1. The first kappa shape index (κ1) is 8.87. The number of rotatable bonds is 0. The summed E-state index contributed by atoms with van der Waals surface area (Å²) in [5, 5.41) is 0. The average molecular weight is 192 g/mol. The number of benzene rings is 1. The van der Waals surface area contributed by atoms with Crippen molar-refractivity contribution in [1.29, 1.82) is 0 Å². The predicted octanol–water partition coefficient (Wildman–Crippen LogP) is 1.01. The van der Waals surface area contributed by atoms with Gasteiger partial charge in [0.25, 0.3) is 0 Å². The smallest absolute Gasteiger partial charge is 0.230 e. The van der Waals surface area contributed by atoms with Crippen LogP contribution in [0.2, 0.25) is 0 Å². The summed E-state index contributed by atoms with van der Waals surface area (Å²) in [5.74, 6) is 0.662. The highest BCUT2D eigenvalue weighted by molar-refractivity contribution is 5.96. The van der Waals surface area contributed by atoms with E-state index in [0.29, 0.717) is 24.5 Å². The van der Waals surface area contributed by atoms with Crippen LogP contribution in [0, 0.1) is 0 Å². The van der Waals surface area contributed by atoms with Crippen LogP contribution in [-0.4, -0.2) is 19.6 Å². The van der Waals surface area contributed by atoms with Crippen molar-refractivity contribution in [2.45, 2.75) is 6.42 Å². The van der Waals surface area contributed by atoms with Gasteiger partial charge in [-0.25, -0.2) is 0 Å². The third-order valence-electron chi connectivity index (χ3n) is 2.32. The van der Waals surface area contributed by atoms with Crippen molar-refractivity contribution < 1.29 is 9.53 Å². The number of amides is 1. The number of nitrogens with zero attached hydrogens (tertiary/aromatic N) is 1. The topological polar surface area (TPSA) is 55.6 Å². The lowest BCUT2D eigenvalue weighted by molar-refractivity contribution is -0.118. The molecule has 1 aromatic carbocycles. The van der Waals surface area contributed by atoms with Gasteiger partial charge in [0.1, 0.15) is 0 Å². The normalized spacial score (nSPS) is 15.8. The molecule has 0 saturated carbocycles. The number of anilines is 2. The standard InChI is InChI=1S/C10H12N2O2/c1-12-8-4-2-3-7(11)10(8)14-6-5-9(12)13/h2-4H,5-6,11H2,1H3. The Balaban J connectivity index is 2.53. The molecule has 2 rings (SSSR count). The number of carbonyl (C=O) groups is 1. The fourth-order valence-electron chi connectivity index (χ4n) is 1.51. The van der Waals surface area contributed by atoms with Gasteiger partial charge in [0.05, 0.1) is 24.4 Å². The molecule has 74 valence electrons. The molecule has 0 fully saturated rings. The van der Waals surface area contributed by atoms with Gasteiger partial charge in [0, 0.05) is 7.05 Å². The molecule has 1 aromatic rings. The molecule has 0 aliphatic carbocycles. The first-order valence-electron chi connectivity index (χ1n) is 4.48. The van der Waals surface area contributed by atoms with Crippen LogP contribution in [-0.2, 0) is 4.79 Å². The molecule has 2 N–H and O–H groups in total. The second-order valence-corrected chi connectivity index (χ2v) is 3.25. The third kappa shape index (κ3) is 1.28. The van der Waals surface area contributed by atoms with Crippen molar-refractivity contribution >= 4 is 17.3 Å². The summed E-state index contributed by atoms with van der Waals surface area (Å²) in [6, 6.07) is 5.41. The molecule has 0 saturated heterocycles. The average Bonchev–Trinajstić information content (AvgIpc) is 2.31. The number of ether oxygens (including phenoxy) is 1. The number of carbonyl (C=O) groups excluding carboxylic acids is 1. The van der Waals surface area contributed by atoms with Crippen LogP contribution >= 0.6 is 0 Å². The molecule has 14 heavy (non-hydrogen) atoms. The van der Waals surface area contributed by atoms with Crippen molar-refractivity contribution in [1.82, 2.24) is 0 Å². The predicted molar refractivity (Wildman–Crippen MR) is 54.4 cm³/mol. The molecule has 1 aliphatic heterocycles. The SMILES string of the molecule is CN1C(=O)CCOc2c(N)cccc21. The first-order chi connectivity index (χ1) is 6.70. The Kier molecular flexibility index (Phi) is 2.04. The number of hydrogen-bond donors (Lipinski definition) is 1. The number of hydrogen-bond acceptors (Lipinski definition) is 3. The monoisotopic (exact) mass is 192 g/mol. The maximum absolute atomic E-state index is 11.5. The van der Waals surface area contributed by atoms with E-state index in [4.69, 9.17) is 10.5 Å². The van der Waals surface area contributed by atoms with Crippen LogP contribution in [0.4, 0.5) is 11.4 Å². The zero-order valence-electron chi connectivity index (χ0n) is 7.99. The fourth-order valence-corrected chi connectivity index (χ4v) is 1.51. The minimum atomic E-state index is 0.0503. The molecular formula is C10H12N2O2. The van der Waals surface area contributed by atoms with Gasteiger partial charge in [-0.05, 0) is 12.1 Å². The number of nitrogen functional groups attached to an aromatic ring is 1. The molecular weight excluding hydrogens is 180 g/mol. The molecule has 0 aromatic heterocycles. The first-order valence-corrected chi connectivity index (χ1v) is 4.48. The molecule has 0 atom stereocenters. The number of fused-ring (bicyclic) bond motifs is 1. The van der Waals surface area contributed by atoms with Crippen molar-refractivity contribution in [3.63, 3.8) is 0 Å². The van der Waals surface area contributed by atoms with E-state index >= 15 is 0 Å². The minimum Gasteiger partial charge on any atom is -0.489 e. The van der Waals surface area contributed by atoms with Crippen molar-refractivity contribution in [2.75, 3.05) is 24.3 Å². The Bertz CT molecular complexity index is 376. The largest absolute Gasteiger partial charge is 0.489 e. The number of nitrogens with two attached hydrogens (primary N) is 1. The summed E-state index contributed by atoms with van der Waals surface area (Å²) in [5.41, 5.74) is 7.07.